The molecule has 1 aliphatic carbocycles. The molecule has 0 bridgehead atoms. The summed E-state index contributed by atoms with van der Waals surface area (Å²) in [5.74, 6) is -0.972. The second kappa shape index (κ2) is 5.74. The van der Waals surface area contributed by atoms with Crippen LogP contribution in [0.3, 0.4) is 0 Å². The summed E-state index contributed by atoms with van der Waals surface area (Å²) >= 11 is 0. The highest BCUT2D eigenvalue weighted by Gasteiger charge is 2.94. The van der Waals surface area contributed by atoms with Crippen LogP contribution in [0.2, 0.25) is 0 Å². The van der Waals surface area contributed by atoms with Crippen molar-refractivity contribution in [1.82, 2.24) is 0 Å². The standard InChI is InChI=1S/C19H20N4O5/c1-10-7-27-19(28-10)18(9-21)15(17(18,8-20)16(22)23-19)11-5-12(24-2)14(26-4)13(6-11)25-3/h5-6,10,15H,7H2,1-4H3,(H2,22,23)/t10-,15+,17+,18+,19+/m0/s1. The summed E-state index contributed by atoms with van der Waals surface area (Å²) in [6.45, 7) is 2.07. The predicted molar refractivity (Wildman–Crippen MR) is 95.8 cm³/mol. The number of aliphatic imine (C=N–C) groups is 1. The maximum absolute atomic E-state index is 10.2. The van der Waals surface area contributed by atoms with E-state index in [4.69, 9.17) is 29.4 Å². The molecule has 1 spiro atoms. The van der Waals surface area contributed by atoms with E-state index in [0.717, 1.165) is 0 Å². The summed E-state index contributed by atoms with van der Waals surface area (Å²) in [5.41, 5.74) is 4.03. The number of fused-ring (bicyclic) bond motifs is 2. The van der Waals surface area contributed by atoms with Gasteiger partial charge in [-0.3, -0.25) is 0 Å². The zero-order valence-corrected chi connectivity index (χ0v) is 16.0. The Morgan fingerprint density at radius 2 is 1.79 bits per heavy atom. The smallest absolute Gasteiger partial charge is 0.293 e. The molecule has 1 saturated carbocycles. The molecule has 0 amide bonds. The van der Waals surface area contributed by atoms with E-state index < -0.39 is 22.7 Å². The van der Waals surface area contributed by atoms with Crippen LogP contribution in [0.25, 0.3) is 0 Å². The van der Waals surface area contributed by atoms with Gasteiger partial charge in [0.1, 0.15) is 11.3 Å². The number of nitrogens with two attached hydrogens (primary N) is 1. The van der Waals surface area contributed by atoms with Crippen molar-refractivity contribution in [3.05, 3.63) is 17.7 Å². The van der Waals surface area contributed by atoms with Crippen molar-refractivity contribution in [2.75, 3.05) is 27.9 Å². The molecule has 146 valence electrons. The highest BCUT2D eigenvalue weighted by Crippen LogP contribution is 2.82. The van der Waals surface area contributed by atoms with Crippen LogP contribution in [-0.4, -0.2) is 45.8 Å². The first kappa shape index (κ1) is 18.4. The maximum Gasteiger partial charge on any atom is 0.293 e. The molecule has 3 aliphatic rings. The molecule has 9 heteroatoms. The number of methoxy groups -OCH3 is 3. The van der Waals surface area contributed by atoms with Gasteiger partial charge in [-0.15, -0.1) is 0 Å². The van der Waals surface area contributed by atoms with E-state index >= 15 is 0 Å². The minimum absolute atomic E-state index is 0.0319. The van der Waals surface area contributed by atoms with Crippen molar-refractivity contribution >= 4 is 5.84 Å². The van der Waals surface area contributed by atoms with E-state index in [1.54, 1.807) is 12.1 Å². The van der Waals surface area contributed by atoms with Gasteiger partial charge in [0.25, 0.3) is 5.91 Å². The van der Waals surface area contributed by atoms with Gasteiger partial charge in [-0.2, -0.15) is 10.5 Å². The van der Waals surface area contributed by atoms with Crippen LogP contribution in [0.1, 0.15) is 18.4 Å². The molecule has 2 N–H and O–H groups in total. The number of amidine groups is 1. The third-order valence-corrected chi connectivity index (χ3v) is 5.82. The van der Waals surface area contributed by atoms with Gasteiger partial charge in [-0.05, 0) is 24.6 Å². The number of hydrogen-bond acceptors (Lipinski definition) is 9. The van der Waals surface area contributed by atoms with E-state index in [1.807, 2.05) is 6.92 Å². The number of benzene rings is 1. The molecule has 1 saturated heterocycles. The summed E-state index contributed by atoms with van der Waals surface area (Å²) in [6.07, 6.45) is -0.280. The molecule has 5 atom stereocenters. The van der Waals surface area contributed by atoms with Crippen molar-refractivity contribution in [3.8, 4) is 29.4 Å². The zero-order valence-electron chi connectivity index (χ0n) is 16.0. The Labute approximate surface area is 162 Å². The number of ether oxygens (including phenoxy) is 5. The molecule has 2 heterocycles. The van der Waals surface area contributed by atoms with Crippen LogP contribution in [0.5, 0.6) is 17.2 Å². The molecular formula is C19H20N4O5. The van der Waals surface area contributed by atoms with E-state index in [1.165, 1.54) is 21.3 Å². The molecule has 2 aliphatic heterocycles. The normalized spacial score (nSPS) is 37.6. The first-order chi connectivity index (χ1) is 13.4. The average Bonchev–Trinajstić information content (AvgIpc) is 3.10. The molecule has 4 rings (SSSR count). The summed E-state index contributed by atoms with van der Waals surface area (Å²) in [5, 5.41) is 20.3. The number of hydrogen-bond donors (Lipinski definition) is 1. The van der Waals surface area contributed by atoms with Crippen molar-refractivity contribution in [2.45, 2.75) is 24.9 Å². The first-order valence-corrected chi connectivity index (χ1v) is 8.71. The number of rotatable bonds is 4. The lowest BCUT2D eigenvalue weighted by Gasteiger charge is -2.26. The molecule has 28 heavy (non-hydrogen) atoms. The van der Waals surface area contributed by atoms with Gasteiger partial charge >= 0.3 is 0 Å². The van der Waals surface area contributed by atoms with Gasteiger partial charge in [0.2, 0.25) is 5.75 Å². The zero-order chi connectivity index (χ0) is 20.3. The third kappa shape index (κ3) is 1.78. The Balaban J connectivity index is 1.92. The lowest BCUT2D eigenvalue weighted by molar-refractivity contribution is -0.193. The fourth-order valence-corrected chi connectivity index (χ4v) is 4.63. The van der Waals surface area contributed by atoms with E-state index in [0.29, 0.717) is 22.8 Å². The monoisotopic (exact) mass is 384 g/mol. The van der Waals surface area contributed by atoms with Crippen molar-refractivity contribution < 1.29 is 23.7 Å². The Bertz CT molecular complexity index is 941. The molecule has 1 aromatic carbocycles. The maximum atomic E-state index is 10.2. The molecule has 2 fully saturated rings. The van der Waals surface area contributed by atoms with Crippen LogP contribution in [0.15, 0.2) is 17.1 Å². The minimum atomic E-state index is -1.61. The molecule has 1 aromatic rings. The van der Waals surface area contributed by atoms with Gasteiger partial charge in [0, 0.05) is 5.92 Å². The van der Waals surface area contributed by atoms with E-state index in [2.05, 4.69) is 17.1 Å². The largest absolute Gasteiger partial charge is 0.493 e. The summed E-state index contributed by atoms with van der Waals surface area (Å²) in [4.78, 5) is 4.30. The van der Waals surface area contributed by atoms with Crippen LogP contribution >= 0.6 is 0 Å². The molecule has 0 unspecified atom stereocenters. The van der Waals surface area contributed by atoms with Crippen LogP contribution in [0, 0.1) is 33.5 Å². The Morgan fingerprint density at radius 1 is 1.14 bits per heavy atom. The van der Waals surface area contributed by atoms with Crippen LogP contribution < -0.4 is 19.9 Å². The second-order valence-electron chi connectivity index (χ2n) is 7.05. The van der Waals surface area contributed by atoms with E-state index in [9.17, 15) is 10.5 Å². The Hall–Kier alpha value is -3.01. The highest BCUT2D eigenvalue weighted by molar-refractivity contribution is 6.00. The summed E-state index contributed by atoms with van der Waals surface area (Å²) in [6, 6.07) is 7.91. The van der Waals surface area contributed by atoms with E-state index in [-0.39, 0.29) is 18.5 Å². The fraction of sp³-hybridized carbons (Fsp3) is 0.526. The first-order valence-electron chi connectivity index (χ1n) is 8.71. The van der Waals surface area contributed by atoms with Gasteiger partial charge in [0.05, 0.1) is 46.2 Å². The number of nitrogens with zero attached hydrogens (tertiary/aromatic N) is 3. The molecule has 9 nitrogen and oxygen atoms in total. The summed E-state index contributed by atoms with van der Waals surface area (Å²) in [7, 11) is 4.49. The third-order valence-electron chi connectivity index (χ3n) is 5.82. The number of nitriles is 2. The second-order valence-corrected chi connectivity index (χ2v) is 7.05. The average molecular weight is 384 g/mol. The SMILES string of the molecule is COc1cc([C@H]2[C@@]3(C#N)[C@@]4(N=C(N)[C@@]23C#N)OC[C@H](C)O4)cc(OC)c1OC. The van der Waals surface area contributed by atoms with Crippen LogP contribution in [-0.2, 0) is 9.47 Å². The van der Waals surface area contributed by atoms with Gasteiger partial charge in [-0.25, -0.2) is 4.99 Å². The van der Waals surface area contributed by atoms with Gasteiger partial charge in [-0.1, -0.05) is 0 Å². The van der Waals surface area contributed by atoms with Crippen molar-refractivity contribution in [2.24, 2.45) is 21.6 Å². The fourth-order valence-electron chi connectivity index (χ4n) is 4.63. The highest BCUT2D eigenvalue weighted by atomic mass is 16.8. The topological polar surface area (TPSA) is 132 Å². The Kier molecular flexibility index (Phi) is 3.76. The molecular weight excluding hydrogens is 364 g/mol. The molecule has 0 aromatic heterocycles. The minimum Gasteiger partial charge on any atom is -0.493 e. The van der Waals surface area contributed by atoms with Gasteiger partial charge < -0.3 is 29.4 Å². The molecule has 0 radical (unpaired) electrons. The van der Waals surface area contributed by atoms with Gasteiger partial charge in [0.15, 0.2) is 16.9 Å². The lowest BCUT2D eigenvalue weighted by atomic mass is 9.93. The van der Waals surface area contributed by atoms with Crippen molar-refractivity contribution in [1.29, 1.82) is 10.5 Å². The van der Waals surface area contributed by atoms with Crippen molar-refractivity contribution in [3.63, 3.8) is 0 Å². The summed E-state index contributed by atoms with van der Waals surface area (Å²) < 4.78 is 27.9. The van der Waals surface area contributed by atoms with Crippen LogP contribution in [0.4, 0.5) is 0 Å². The predicted octanol–water partition coefficient (Wildman–Crippen LogP) is 1.29. The quantitative estimate of drug-likeness (QED) is 0.821. The Morgan fingerprint density at radius 3 is 2.21 bits per heavy atom. The lowest BCUT2D eigenvalue weighted by Crippen LogP contribution is -2.39.